The molecule has 0 aliphatic carbocycles. The summed E-state index contributed by atoms with van der Waals surface area (Å²) in [6.07, 6.45) is 6.76. The summed E-state index contributed by atoms with van der Waals surface area (Å²) in [7, 11) is 0. The van der Waals surface area contributed by atoms with Crippen LogP contribution in [0.2, 0.25) is 0 Å². The van der Waals surface area contributed by atoms with E-state index < -0.39 is 0 Å². The van der Waals surface area contributed by atoms with Gasteiger partial charge in [0.1, 0.15) is 0 Å². The van der Waals surface area contributed by atoms with Gasteiger partial charge >= 0.3 is 0 Å². The lowest BCUT2D eigenvalue weighted by Crippen LogP contribution is -2.43. The Labute approximate surface area is 110 Å². The molecule has 0 amide bonds. The first-order valence-corrected chi connectivity index (χ1v) is 7.12. The molecule has 0 spiro atoms. The largest absolute Gasteiger partial charge is 0.371 e. The van der Waals surface area contributed by atoms with Crippen molar-refractivity contribution in [1.29, 1.82) is 0 Å². The van der Waals surface area contributed by atoms with Crippen LogP contribution in [0.3, 0.4) is 0 Å². The van der Waals surface area contributed by atoms with E-state index in [-0.39, 0.29) is 6.10 Å². The second-order valence-corrected chi connectivity index (χ2v) is 5.12. The Morgan fingerprint density at radius 2 is 2.33 bits per heavy atom. The van der Waals surface area contributed by atoms with Gasteiger partial charge in [-0.15, -0.1) is 0 Å². The van der Waals surface area contributed by atoms with E-state index in [1.54, 1.807) is 0 Å². The van der Waals surface area contributed by atoms with Gasteiger partial charge in [-0.2, -0.15) is 5.10 Å². The van der Waals surface area contributed by atoms with E-state index in [0.717, 1.165) is 26.2 Å². The Kier molecular flexibility index (Phi) is 4.78. The molecule has 0 N–H and O–H groups in total. The molecule has 2 heterocycles. The molecule has 4 heteroatoms. The van der Waals surface area contributed by atoms with Crippen molar-refractivity contribution in [3.05, 3.63) is 18.0 Å². The summed E-state index contributed by atoms with van der Waals surface area (Å²) in [4.78, 5) is 2.54. The van der Waals surface area contributed by atoms with Crippen LogP contribution in [0.4, 0.5) is 0 Å². The summed E-state index contributed by atoms with van der Waals surface area (Å²) in [6.45, 7) is 10.5. The van der Waals surface area contributed by atoms with Gasteiger partial charge in [-0.25, -0.2) is 0 Å². The molecule has 0 saturated carbocycles. The minimum absolute atomic E-state index is 0.193. The van der Waals surface area contributed by atoms with E-state index in [2.05, 4.69) is 37.0 Å². The highest BCUT2D eigenvalue weighted by Gasteiger charge is 2.25. The number of aromatic nitrogens is 2. The maximum Gasteiger partial charge on any atom is 0.0982 e. The van der Waals surface area contributed by atoms with E-state index >= 15 is 0 Å². The highest BCUT2D eigenvalue weighted by molar-refractivity contribution is 5.09. The minimum atomic E-state index is 0.193. The third-order valence-corrected chi connectivity index (χ3v) is 3.78. The van der Waals surface area contributed by atoms with E-state index in [0.29, 0.717) is 6.04 Å². The summed E-state index contributed by atoms with van der Waals surface area (Å²) in [5.41, 5.74) is 1.21. The van der Waals surface area contributed by atoms with Crippen LogP contribution in [0.15, 0.2) is 12.4 Å². The van der Waals surface area contributed by atoms with Crippen molar-refractivity contribution in [2.45, 2.75) is 52.3 Å². The fraction of sp³-hybridized carbons (Fsp3) is 0.786. The highest BCUT2D eigenvalue weighted by Crippen LogP contribution is 2.23. The highest BCUT2D eigenvalue weighted by atomic mass is 16.5. The standard InChI is InChI=1S/C14H25N3O/c1-4-6-12(3)16-7-8-18-14(11-16)13-9-15-17(5-2)10-13/h9-10,12,14H,4-8,11H2,1-3H3/t12-,14+/m1/s1. The molecule has 1 aliphatic heterocycles. The number of hydrogen-bond acceptors (Lipinski definition) is 3. The van der Waals surface area contributed by atoms with E-state index in [1.165, 1.54) is 18.4 Å². The van der Waals surface area contributed by atoms with Gasteiger partial charge < -0.3 is 4.74 Å². The van der Waals surface area contributed by atoms with Gasteiger partial charge in [0.15, 0.2) is 0 Å². The summed E-state index contributed by atoms with van der Waals surface area (Å²) < 4.78 is 7.85. The molecule has 1 saturated heterocycles. The quantitative estimate of drug-likeness (QED) is 0.805. The molecule has 18 heavy (non-hydrogen) atoms. The van der Waals surface area contributed by atoms with Crippen molar-refractivity contribution in [3.8, 4) is 0 Å². The van der Waals surface area contributed by atoms with E-state index in [4.69, 9.17) is 4.74 Å². The molecule has 0 bridgehead atoms. The monoisotopic (exact) mass is 251 g/mol. The lowest BCUT2D eigenvalue weighted by atomic mass is 10.1. The maximum atomic E-state index is 5.89. The smallest absolute Gasteiger partial charge is 0.0982 e. The molecule has 2 rings (SSSR count). The fourth-order valence-corrected chi connectivity index (χ4v) is 2.59. The zero-order valence-corrected chi connectivity index (χ0v) is 11.8. The van der Waals surface area contributed by atoms with Crippen LogP contribution in [0.25, 0.3) is 0 Å². The Hall–Kier alpha value is -0.870. The molecular weight excluding hydrogens is 226 g/mol. The summed E-state index contributed by atoms with van der Waals surface area (Å²) in [5, 5.41) is 4.33. The van der Waals surface area contributed by atoms with Gasteiger partial charge in [-0.3, -0.25) is 9.58 Å². The zero-order chi connectivity index (χ0) is 13.0. The zero-order valence-electron chi connectivity index (χ0n) is 11.8. The van der Waals surface area contributed by atoms with Crippen molar-refractivity contribution in [3.63, 3.8) is 0 Å². The van der Waals surface area contributed by atoms with Gasteiger partial charge in [0.2, 0.25) is 0 Å². The number of rotatable bonds is 5. The van der Waals surface area contributed by atoms with E-state index in [1.807, 2.05) is 10.9 Å². The summed E-state index contributed by atoms with van der Waals surface area (Å²) in [5.74, 6) is 0. The topological polar surface area (TPSA) is 30.3 Å². The van der Waals surface area contributed by atoms with E-state index in [9.17, 15) is 0 Å². The molecule has 1 aromatic rings. The fourth-order valence-electron chi connectivity index (χ4n) is 2.59. The lowest BCUT2D eigenvalue weighted by Gasteiger charge is -2.36. The molecule has 1 aliphatic rings. The Morgan fingerprint density at radius 1 is 1.50 bits per heavy atom. The van der Waals surface area contributed by atoms with Gasteiger partial charge in [0, 0.05) is 37.4 Å². The Balaban J connectivity index is 1.97. The molecular formula is C14H25N3O. The molecule has 4 nitrogen and oxygen atoms in total. The molecule has 0 unspecified atom stereocenters. The van der Waals surface area contributed by atoms with Crippen LogP contribution in [0.5, 0.6) is 0 Å². The predicted octanol–water partition coefficient (Wildman–Crippen LogP) is 2.46. The normalized spacial score (nSPS) is 23.2. The maximum absolute atomic E-state index is 5.89. The van der Waals surface area contributed by atoms with Crippen LogP contribution in [0.1, 0.15) is 45.3 Å². The lowest BCUT2D eigenvalue weighted by molar-refractivity contribution is -0.0436. The molecule has 102 valence electrons. The van der Waals surface area contributed by atoms with Crippen molar-refractivity contribution >= 4 is 0 Å². The SMILES string of the molecule is CCC[C@@H](C)N1CCO[C@H](c2cnn(CC)c2)C1. The third kappa shape index (κ3) is 3.12. The van der Waals surface area contributed by atoms with Gasteiger partial charge in [-0.05, 0) is 20.3 Å². The average molecular weight is 251 g/mol. The first-order chi connectivity index (χ1) is 8.74. The van der Waals surface area contributed by atoms with Gasteiger partial charge in [-0.1, -0.05) is 13.3 Å². The van der Waals surface area contributed by atoms with Crippen LogP contribution >= 0.6 is 0 Å². The van der Waals surface area contributed by atoms with Crippen molar-refractivity contribution < 1.29 is 4.74 Å². The number of morpholine rings is 1. The minimum Gasteiger partial charge on any atom is -0.371 e. The number of nitrogens with zero attached hydrogens (tertiary/aromatic N) is 3. The number of aryl methyl sites for hydroxylation is 1. The molecule has 0 aromatic carbocycles. The second kappa shape index (κ2) is 6.34. The summed E-state index contributed by atoms with van der Waals surface area (Å²) >= 11 is 0. The Bertz CT molecular complexity index is 364. The van der Waals surface area contributed by atoms with Crippen molar-refractivity contribution in [2.75, 3.05) is 19.7 Å². The summed E-state index contributed by atoms with van der Waals surface area (Å²) in [6, 6.07) is 0.655. The third-order valence-electron chi connectivity index (χ3n) is 3.78. The van der Waals surface area contributed by atoms with Crippen LogP contribution < -0.4 is 0 Å². The van der Waals surface area contributed by atoms with Gasteiger partial charge in [0.25, 0.3) is 0 Å². The number of ether oxygens (including phenoxy) is 1. The molecule has 1 fully saturated rings. The van der Waals surface area contributed by atoms with Crippen molar-refractivity contribution in [2.24, 2.45) is 0 Å². The molecule has 0 radical (unpaired) electrons. The first kappa shape index (κ1) is 13.6. The average Bonchev–Trinajstić information content (AvgIpc) is 2.88. The number of hydrogen-bond donors (Lipinski definition) is 0. The van der Waals surface area contributed by atoms with Crippen LogP contribution in [0, 0.1) is 0 Å². The van der Waals surface area contributed by atoms with Gasteiger partial charge in [0.05, 0.1) is 18.9 Å². The predicted molar refractivity (Wildman–Crippen MR) is 72.5 cm³/mol. The van der Waals surface area contributed by atoms with Crippen molar-refractivity contribution in [1.82, 2.24) is 14.7 Å². The van der Waals surface area contributed by atoms with Crippen LogP contribution in [-0.2, 0) is 11.3 Å². The second-order valence-electron chi connectivity index (χ2n) is 5.12. The molecule has 1 aromatic heterocycles. The van der Waals surface area contributed by atoms with Crippen LogP contribution in [-0.4, -0.2) is 40.4 Å². The Morgan fingerprint density at radius 3 is 3.00 bits per heavy atom. The molecule has 2 atom stereocenters. The first-order valence-electron chi connectivity index (χ1n) is 7.12.